The van der Waals surface area contributed by atoms with E-state index in [9.17, 15) is 18.8 Å². The van der Waals surface area contributed by atoms with Gasteiger partial charge in [-0.3, -0.25) is 9.59 Å². The fraction of sp³-hybridized carbons (Fsp3) is 0.286. The first-order valence-corrected chi connectivity index (χ1v) is 9.79. The molecule has 2 aromatic rings. The van der Waals surface area contributed by atoms with Gasteiger partial charge in [0, 0.05) is 29.8 Å². The van der Waals surface area contributed by atoms with E-state index >= 15 is 0 Å². The summed E-state index contributed by atoms with van der Waals surface area (Å²) in [6.45, 7) is 1.24. The van der Waals surface area contributed by atoms with Crippen LogP contribution < -0.4 is 10.6 Å². The molecule has 9 heteroatoms. The Labute approximate surface area is 183 Å². The number of hydrogen-bond donors (Lipinski definition) is 2. The number of nitrogens with one attached hydrogen (secondary N) is 2. The van der Waals surface area contributed by atoms with Gasteiger partial charge in [0.05, 0.1) is 7.11 Å². The van der Waals surface area contributed by atoms with Crippen molar-refractivity contribution in [1.82, 2.24) is 10.6 Å². The van der Waals surface area contributed by atoms with E-state index in [1.165, 1.54) is 38.3 Å². The van der Waals surface area contributed by atoms with Gasteiger partial charge in [0.15, 0.2) is 0 Å². The van der Waals surface area contributed by atoms with Crippen molar-refractivity contribution in [3.8, 4) is 0 Å². The zero-order valence-electron chi connectivity index (χ0n) is 16.4. The average molecular weight is 455 g/mol. The van der Waals surface area contributed by atoms with Crippen molar-refractivity contribution >= 4 is 41.0 Å². The van der Waals surface area contributed by atoms with Gasteiger partial charge in [0.1, 0.15) is 17.9 Å². The molecule has 0 aliphatic heterocycles. The highest BCUT2D eigenvalue weighted by Gasteiger charge is 2.28. The second kappa shape index (κ2) is 10.9. The van der Waals surface area contributed by atoms with Gasteiger partial charge in [-0.1, -0.05) is 47.5 Å². The lowest BCUT2D eigenvalue weighted by Gasteiger charge is -2.22. The molecule has 0 saturated carbocycles. The van der Waals surface area contributed by atoms with Crippen LogP contribution in [0.25, 0.3) is 0 Å². The van der Waals surface area contributed by atoms with Crippen LogP contribution in [-0.4, -0.2) is 37.0 Å². The van der Waals surface area contributed by atoms with E-state index < -0.39 is 35.7 Å². The van der Waals surface area contributed by atoms with Gasteiger partial charge in [-0.05, 0) is 29.3 Å². The molecule has 2 rings (SSSR count). The molecule has 0 unspecified atom stereocenters. The monoisotopic (exact) mass is 454 g/mol. The molecule has 2 aromatic carbocycles. The van der Waals surface area contributed by atoms with E-state index in [0.29, 0.717) is 15.6 Å². The van der Waals surface area contributed by atoms with Crippen molar-refractivity contribution in [3.63, 3.8) is 0 Å². The van der Waals surface area contributed by atoms with Crippen LogP contribution in [0.1, 0.15) is 18.1 Å². The maximum atomic E-state index is 14.0. The maximum absolute atomic E-state index is 14.0. The molecular formula is C21H21Cl2FN2O4. The number of carbonyl (C=O) groups excluding carboxylic acids is 3. The number of amides is 2. The number of hydrogen-bond acceptors (Lipinski definition) is 4. The lowest BCUT2D eigenvalue weighted by Crippen LogP contribution is -2.53. The van der Waals surface area contributed by atoms with Crippen molar-refractivity contribution in [2.24, 2.45) is 0 Å². The molecule has 2 N–H and O–H groups in total. The predicted octanol–water partition coefficient (Wildman–Crippen LogP) is 3.08. The quantitative estimate of drug-likeness (QED) is 0.600. The third kappa shape index (κ3) is 6.71. The van der Waals surface area contributed by atoms with Crippen LogP contribution in [0.5, 0.6) is 0 Å². The number of methoxy groups -OCH3 is 1. The van der Waals surface area contributed by atoms with E-state index in [2.05, 4.69) is 10.6 Å². The fourth-order valence-corrected chi connectivity index (χ4v) is 3.34. The van der Waals surface area contributed by atoms with Crippen molar-refractivity contribution in [3.05, 3.63) is 69.5 Å². The van der Waals surface area contributed by atoms with E-state index in [1.807, 2.05) is 0 Å². The minimum atomic E-state index is -1.09. The van der Waals surface area contributed by atoms with E-state index in [-0.39, 0.29) is 18.4 Å². The molecule has 0 aliphatic rings. The van der Waals surface area contributed by atoms with E-state index in [4.69, 9.17) is 27.9 Å². The molecule has 0 spiro atoms. The van der Waals surface area contributed by atoms with Crippen LogP contribution >= 0.6 is 23.2 Å². The number of halogens is 3. The smallest absolute Gasteiger partial charge is 0.328 e. The van der Waals surface area contributed by atoms with Crippen LogP contribution in [0.3, 0.4) is 0 Å². The molecule has 2 atom stereocenters. The number of esters is 1. The average Bonchev–Trinajstić information content (AvgIpc) is 2.69. The summed E-state index contributed by atoms with van der Waals surface area (Å²) in [6.07, 6.45) is -0.0470. The standard InChI is InChI=1S/C21H21Cl2FN2O4/c1-12(27)25-18(10-14-5-3-4-6-17(14)24)20(28)26-19(21(29)30-2)9-13-7-8-15(22)11-16(13)23/h3-8,11,18-19H,9-10H2,1-2H3,(H,25,27)(H,26,28)/t18-,19-/m0/s1. The summed E-state index contributed by atoms with van der Waals surface area (Å²) >= 11 is 12.1. The molecule has 0 heterocycles. The highest BCUT2D eigenvalue weighted by atomic mass is 35.5. The Balaban J connectivity index is 2.22. The van der Waals surface area contributed by atoms with Crippen LogP contribution in [0.15, 0.2) is 42.5 Å². The lowest BCUT2D eigenvalue weighted by atomic mass is 10.0. The normalized spacial score (nSPS) is 12.6. The number of carbonyl (C=O) groups is 3. The Kier molecular flexibility index (Phi) is 8.62. The first kappa shape index (κ1) is 23.6. The van der Waals surface area contributed by atoms with Crippen molar-refractivity contribution in [1.29, 1.82) is 0 Å². The minimum Gasteiger partial charge on any atom is -0.467 e. The maximum Gasteiger partial charge on any atom is 0.328 e. The van der Waals surface area contributed by atoms with Crippen LogP contribution in [0.4, 0.5) is 4.39 Å². The summed E-state index contributed by atoms with van der Waals surface area (Å²) in [5.74, 6) is -2.32. The van der Waals surface area contributed by atoms with E-state index in [0.717, 1.165) is 0 Å². The summed E-state index contributed by atoms with van der Waals surface area (Å²) in [7, 11) is 1.19. The zero-order chi connectivity index (χ0) is 22.3. The van der Waals surface area contributed by atoms with Crippen molar-refractivity contribution < 1.29 is 23.5 Å². The molecule has 160 valence electrons. The molecule has 0 radical (unpaired) electrons. The Morgan fingerprint density at radius 3 is 2.27 bits per heavy atom. The largest absolute Gasteiger partial charge is 0.467 e. The Morgan fingerprint density at radius 1 is 1.00 bits per heavy atom. The third-order valence-corrected chi connectivity index (χ3v) is 4.90. The summed E-state index contributed by atoms with van der Waals surface area (Å²) in [5.41, 5.74) is 0.823. The summed E-state index contributed by atoms with van der Waals surface area (Å²) < 4.78 is 18.8. The molecular weight excluding hydrogens is 434 g/mol. The third-order valence-electron chi connectivity index (χ3n) is 4.32. The highest BCUT2D eigenvalue weighted by Crippen LogP contribution is 2.22. The first-order valence-electron chi connectivity index (χ1n) is 9.04. The number of benzene rings is 2. The van der Waals surface area contributed by atoms with Gasteiger partial charge in [-0.25, -0.2) is 9.18 Å². The summed E-state index contributed by atoms with van der Waals surface area (Å²) in [5, 5.41) is 5.81. The highest BCUT2D eigenvalue weighted by molar-refractivity contribution is 6.35. The van der Waals surface area contributed by atoms with Gasteiger partial charge in [0.25, 0.3) is 0 Å². The Bertz CT molecular complexity index is 939. The van der Waals surface area contributed by atoms with Crippen molar-refractivity contribution in [2.75, 3.05) is 7.11 Å². The van der Waals surface area contributed by atoms with Crippen LogP contribution in [0.2, 0.25) is 10.0 Å². The fourth-order valence-electron chi connectivity index (χ4n) is 2.85. The minimum absolute atomic E-state index is 0.0426. The van der Waals surface area contributed by atoms with Crippen LogP contribution in [-0.2, 0) is 32.0 Å². The van der Waals surface area contributed by atoms with Crippen molar-refractivity contribution in [2.45, 2.75) is 31.8 Å². The molecule has 0 fully saturated rings. The summed E-state index contributed by atoms with van der Waals surface area (Å²) in [4.78, 5) is 36.6. The zero-order valence-corrected chi connectivity index (χ0v) is 17.9. The van der Waals surface area contributed by atoms with Crippen LogP contribution in [0, 0.1) is 5.82 Å². The van der Waals surface area contributed by atoms with Gasteiger partial charge in [-0.15, -0.1) is 0 Å². The predicted molar refractivity (Wildman–Crippen MR) is 112 cm³/mol. The Hall–Kier alpha value is -2.64. The van der Waals surface area contributed by atoms with Gasteiger partial charge < -0.3 is 15.4 Å². The summed E-state index contributed by atoms with van der Waals surface area (Å²) in [6, 6.07) is 8.53. The number of ether oxygens (including phenoxy) is 1. The first-order chi connectivity index (χ1) is 14.2. The molecule has 0 bridgehead atoms. The second-order valence-electron chi connectivity index (χ2n) is 6.57. The molecule has 0 saturated heterocycles. The molecule has 6 nitrogen and oxygen atoms in total. The molecule has 0 aromatic heterocycles. The van der Waals surface area contributed by atoms with E-state index in [1.54, 1.807) is 18.2 Å². The lowest BCUT2D eigenvalue weighted by molar-refractivity contribution is -0.145. The Morgan fingerprint density at radius 2 is 1.67 bits per heavy atom. The van der Waals surface area contributed by atoms with Gasteiger partial charge >= 0.3 is 5.97 Å². The SMILES string of the molecule is COC(=O)[C@H](Cc1ccc(Cl)cc1Cl)NC(=O)[C@H](Cc1ccccc1F)NC(C)=O. The van der Waals surface area contributed by atoms with Gasteiger partial charge in [0.2, 0.25) is 11.8 Å². The molecule has 0 aliphatic carbocycles. The molecule has 30 heavy (non-hydrogen) atoms. The number of rotatable bonds is 8. The van der Waals surface area contributed by atoms with Gasteiger partial charge in [-0.2, -0.15) is 0 Å². The topological polar surface area (TPSA) is 84.5 Å². The molecule has 2 amide bonds. The second-order valence-corrected chi connectivity index (χ2v) is 7.42.